The standard InChI is InChI=1S/C14H19NO2/c1-9(8-15)4-11-7-14-12(5-10(2)17-14)6-13(11)16-3/h4,6-7,10H,5,8,15H2,1-3H3/b9-4-. The second kappa shape index (κ2) is 4.80. The minimum absolute atomic E-state index is 0.254. The first-order valence-corrected chi connectivity index (χ1v) is 5.89. The van der Waals surface area contributed by atoms with Crippen molar-refractivity contribution in [2.75, 3.05) is 13.7 Å². The smallest absolute Gasteiger partial charge is 0.126 e. The van der Waals surface area contributed by atoms with E-state index >= 15 is 0 Å². The zero-order valence-electron chi connectivity index (χ0n) is 10.6. The van der Waals surface area contributed by atoms with Crippen molar-refractivity contribution < 1.29 is 9.47 Å². The Morgan fingerprint density at radius 1 is 1.59 bits per heavy atom. The van der Waals surface area contributed by atoms with Gasteiger partial charge in [0.15, 0.2) is 0 Å². The summed E-state index contributed by atoms with van der Waals surface area (Å²) in [7, 11) is 1.69. The molecule has 92 valence electrons. The van der Waals surface area contributed by atoms with Gasteiger partial charge in [-0.25, -0.2) is 0 Å². The fourth-order valence-corrected chi connectivity index (χ4v) is 2.07. The van der Waals surface area contributed by atoms with E-state index in [1.54, 1.807) is 7.11 Å². The fraction of sp³-hybridized carbons (Fsp3) is 0.429. The average Bonchev–Trinajstić information content (AvgIpc) is 2.67. The van der Waals surface area contributed by atoms with Crippen LogP contribution < -0.4 is 15.2 Å². The van der Waals surface area contributed by atoms with Gasteiger partial charge >= 0.3 is 0 Å². The molecular formula is C14H19NO2. The summed E-state index contributed by atoms with van der Waals surface area (Å²) in [5.41, 5.74) is 8.98. The number of hydrogen-bond acceptors (Lipinski definition) is 3. The van der Waals surface area contributed by atoms with Gasteiger partial charge in [0.05, 0.1) is 7.11 Å². The minimum atomic E-state index is 0.254. The summed E-state index contributed by atoms with van der Waals surface area (Å²) in [5, 5.41) is 0. The van der Waals surface area contributed by atoms with E-state index in [0.29, 0.717) is 6.54 Å². The van der Waals surface area contributed by atoms with E-state index in [4.69, 9.17) is 15.2 Å². The molecule has 0 radical (unpaired) electrons. The molecule has 0 amide bonds. The summed E-state index contributed by atoms with van der Waals surface area (Å²) in [6, 6.07) is 4.10. The van der Waals surface area contributed by atoms with Crippen LogP contribution in [-0.2, 0) is 6.42 Å². The first-order chi connectivity index (χ1) is 8.13. The molecule has 17 heavy (non-hydrogen) atoms. The third-order valence-corrected chi connectivity index (χ3v) is 2.97. The number of nitrogens with two attached hydrogens (primary N) is 1. The van der Waals surface area contributed by atoms with Crippen LogP contribution in [0.1, 0.15) is 25.0 Å². The molecule has 2 N–H and O–H groups in total. The lowest BCUT2D eigenvalue weighted by molar-refractivity contribution is 0.254. The molecule has 0 aromatic heterocycles. The Kier molecular flexibility index (Phi) is 3.38. The van der Waals surface area contributed by atoms with Crippen molar-refractivity contribution in [2.45, 2.75) is 26.4 Å². The molecule has 3 nitrogen and oxygen atoms in total. The van der Waals surface area contributed by atoms with Crippen LogP contribution in [0, 0.1) is 0 Å². The first-order valence-electron chi connectivity index (χ1n) is 5.89. The van der Waals surface area contributed by atoms with Crippen molar-refractivity contribution >= 4 is 6.08 Å². The highest BCUT2D eigenvalue weighted by Crippen LogP contribution is 2.35. The average molecular weight is 233 g/mol. The molecule has 1 aliphatic rings. The van der Waals surface area contributed by atoms with E-state index in [1.165, 1.54) is 5.56 Å². The van der Waals surface area contributed by atoms with Crippen molar-refractivity contribution in [3.63, 3.8) is 0 Å². The summed E-state index contributed by atoms with van der Waals surface area (Å²) in [5.74, 6) is 1.85. The lowest BCUT2D eigenvalue weighted by Crippen LogP contribution is -2.05. The lowest BCUT2D eigenvalue weighted by Gasteiger charge is -2.09. The number of hydrogen-bond donors (Lipinski definition) is 1. The molecular weight excluding hydrogens is 214 g/mol. The summed E-state index contributed by atoms with van der Waals surface area (Å²) in [6.45, 7) is 4.64. The van der Waals surface area contributed by atoms with Crippen molar-refractivity contribution in [3.05, 3.63) is 28.8 Å². The van der Waals surface area contributed by atoms with Crippen LogP contribution >= 0.6 is 0 Å². The lowest BCUT2D eigenvalue weighted by atomic mass is 10.0. The SMILES string of the molecule is COc1cc2c(cc1/C=C(/C)CN)OC(C)C2. The molecule has 1 aromatic rings. The zero-order valence-corrected chi connectivity index (χ0v) is 10.6. The zero-order chi connectivity index (χ0) is 12.4. The number of fused-ring (bicyclic) bond motifs is 1. The maximum atomic E-state index is 5.75. The van der Waals surface area contributed by atoms with Gasteiger partial charge < -0.3 is 15.2 Å². The molecule has 1 unspecified atom stereocenters. The molecule has 1 atom stereocenters. The second-order valence-electron chi connectivity index (χ2n) is 4.53. The van der Waals surface area contributed by atoms with E-state index in [2.05, 4.69) is 13.0 Å². The molecule has 0 saturated carbocycles. The largest absolute Gasteiger partial charge is 0.496 e. The summed E-state index contributed by atoms with van der Waals surface area (Å²) < 4.78 is 11.2. The molecule has 3 heteroatoms. The van der Waals surface area contributed by atoms with Crippen LogP contribution in [0.4, 0.5) is 0 Å². The van der Waals surface area contributed by atoms with Crippen molar-refractivity contribution in [1.29, 1.82) is 0 Å². The normalized spacial score (nSPS) is 18.8. The second-order valence-corrected chi connectivity index (χ2v) is 4.53. The third-order valence-electron chi connectivity index (χ3n) is 2.97. The highest BCUT2D eigenvalue weighted by Gasteiger charge is 2.21. The summed E-state index contributed by atoms with van der Waals surface area (Å²) >= 11 is 0. The topological polar surface area (TPSA) is 44.5 Å². The van der Waals surface area contributed by atoms with E-state index in [-0.39, 0.29) is 6.10 Å². The van der Waals surface area contributed by atoms with E-state index in [0.717, 1.165) is 29.1 Å². The predicted octanol–water partition coefficient (Wildman–Crippen LogP) is 2.38. The molecule has 2 rings (SSSR count). The molecule has 0 bridgehead atoms. The Bertz CT molecular complexity index is 452. The van der Waals surface area contributed by atoms with Crippen LogP contribution in [0.2, 0.25) is 0 Å². The molecule has 1 aliphatic heterocycles. The van der Waals surface area contributed by atoms with Crippen LogP contribution in [-0.4, -0.2) is 19.8 Å². The number of methoxy groups -OCH3 is 1. The quantitative estimate of drug-likeness (QED) is 0.871. The molecule has 1 heterocycles. The summed E-state index contributed by atoms with van der Waals surface area (Å²) in [6.07, 6.45) is 3.25. The highest BCUT2D eigenvalue weighted by atomic mass is 16.5. The van der Waals surface area contributed by atoms with Gasteiger partial charge in [-0.2, -0.15) is 0 Å². The molecule has 0 spiro atoms. The Morgan fingerprint density at radius 2 is 2.35 bits per heavy atom. The number of rotatable bonds is 3. The Morgan fingerprint density at radius 3 is 3.00 bits per heavy atom. The van der Waals surface area contributed by atoms with Gasteiger partial charge in [-0.05, 0) is 26.0 Å². The van der Waals surface area contributed by atoms with Gasteiger partial charge in [0.1, 0.15) is 17.6 Å². The van der Waals surface area contributed by atoms with E-state index < -0.39 is 0 Å². The maximum Gasteiger partial charge on any atom is 0.126 e. The van der Waals surface area contributed by atoms with Crippen molar-refractivity contribution in [2.24, 2.45) is 5.73 Å². The number of benzene rings is 1. The Hall–Kier alpha value is -1.48. The Labute approximate surface area is 102 Å². The maximum absolute atomic E-state index is 5.75. The van der Waals surface area contributed by atoms with Crippen LogP contribution in [0.25, 0.3) is 6.08 Å². The van der Waals surface area contributed by atoms with Gasteiger partial charge in [-0.3, -0.25) is 0 Å². The van der Waals surface area contributed by atoms with Crippen LogP contribution in [0.5, 0.6) is 11.5 Å². The molecule has 0 saturated heterocycles. The Balaban J connectivity index is 2.43. The first kappa shape index (κ1) is 12.0. The van der Waals surface area contributed by atoms with Crippen LogP contribution in [0.3, 0.4) is 0 Å². The van der Waals surface area contributed by atoms with Crippen molar-refractivity contribution in [3.8, 4) is 11.5 Å². The molecule has 0 aliphatic carbocycles. The molecule has 1 aromatic carbocycles. The van der Waals surface area contributed by atoms with Gasteiger partial charge in [0.2, 0.25) is 0 Å². The fourth-order valence-electron chi connectivity index (χ4n) is 2.07. The van der Waals surface area contributed by atoms with Gasteiger partial charge in [0, 0.05) is 24.1 Å². The van der Waals surface area contributed by atoms with E-state index in [9.17, 15) is 0 Å². The monoisotopic (exact) mass is 233 g/mol. The third kappa shape index (κ3) is 2.44. The predicted molar refractivity (Wildman–Crippen MR) is 69.5 cm³/mol. The summed E-state index contributed by atoms with van der Waals surface area (Å²) in [4.78, 5) is 0. The van der Waals surface area contributed by atoms with Crippen molar-refractivity contribution in [1.82, 2.24) is 0 Å². The van der Waals surface area contributed by atoms with E-state index in [1.807, 2.05) is 19.1 Å². The number of ether oxygens (including phenoxy) is 2. The van der Waals surface area contributed by atoms with Crippen LogP contribution in [0.15, 0.2) is 17.7 Å². The van der Waals surface area contributed by atoms with Gasteiger partial charge in [0.25, 0.3) is 0 Å². The van der Waals surface area contributed by atoms with Gasteiger partial charge in [-0.15, -0.1) is 0 Å². The highest BCUT2D eigenvalue weighted by molar-refractivity contribution is 5.64. The van der Waals surface area contributed by atoms with Gasteiger partial charge in [-0.1, -0.05) is 11.6 Å². The molecule has 0 fully saturated rings. The minimum Gasteiger partial charge on any atom is -0.496 e.